The summed E-state index contributed by atoms with van der Waals surface area (Å²) in [7, 11) is 4.76. The van der Waals surface area contributed by atoms with Gasteiger partial charge in [0.25, 0.3) is 5.56 Å². The van der Waals surface area contributed by atoms with Crippen LogP contribution >= 0.6 is 11.3 Å². The van der Waals surface area contributed by atoms with Gasteiger partial charge in [0.2, 0.25) is 0 Å². The van der Waals surface area contributed by atoms with E-state index in [-0.39, 0.29) is 30.3 Å². The number of benzene rings is 2. The number of nitrogens with zero attached hydrogens (tertiary/aromatic N) is 2. The van der Waals surface area contributed by atoms with Gasteiger partial charge in [-0.25, -0.2) is 9.79 Å². The Labute approximate surface area is 256 Å². The summed E-state index contributed by atoms with van der Waals surface area (Å²) in [6, 6.07) is 8.67. The fourth-order valence-corrected chi connectivity index (χ4v) is 6.12. The van der Waals surface area contributed by atoms with Crippen molar-refractivity contribution in [1.82, 2.24) is 4.57 Å². The average molecular weight is 609 g/mol. The quantitative estimate of drug-likeness (QED) is 0.218. The molecule has 3 aromatic rings. The predicted octanol–water partition coefficient (Wildman–Crippen LogP) is 4.66. The lowest BCUT2D eigenvalue weighted by atomic mass is 9.94. The Hall–Kier alpha value is -3.89. The first-order valence-corrected chi connectivity index (χ1v) is 15.1. The molecule has 0 aliphatic carbocycles. The smallest absolute Gasteiger partial charge is 0.338 e. The minimum Gasteiger partial charge on any atom is -0.496 e. The maximum absolute atomic E-state index is 14.3. The number of ether oxygens (including phenoxy) is 5. The van der Waals surface area contributed by atoms with E-state index >= 15 is 0 Å². The second kappa shape index (κ2) is 14.1. The average Bonchev–Trinajstić information content (AvgIpc) is 3.29. The van der Waals surface area contributed by atoms with E-state index in [4.69, 9.17) is 28.7 Å². The van der Waals surface area contributed by atoms with Crippen molar-refractivity contribution in [2.24, 2.45) is 4.99 Å². The molecule has 0 radical (unpaired) electrons. The number of methoxy groups -OCH3 is 3. The maximum Gasteiger partial charge on any atom is 0.338 e. The van der Waals surface area contributed by atoms with E-state index in [1.165, 1.54) is 18.4 Å². The zero-order valence-corrected chi connectivity index (χ0v) is 26.9. The van der Waals surface area contributed by atoms with Crippen LogP contribution in [0.5, 0.6) is 17.2 Å². The third-order valence-electron chi connectivity index (χ3n) is 7.26. The van der Waals surface area contributed by atoms with Gasteiger partial charge < -0.3 is 23.7 Å². The molecule has 4 rings (SSSR count). The first-order chi connectivity index (χ1) is 20.7. The fraction of sp³-hybridized carbons (Fsp3) is 0.424. The highest BCUT2D eigenvalue weighted by atomic mass is 32.1. The van der Waals surface area contributed by atoms with Crippen molar-refractivity contribution in [2.45, 2.75) is 53.0 Å². The summed E-state index contributed by atoms with van der Waals surface area (Å²) in [5.74, 6) is 1.44. The zero-order chi connectivity index (χ0) is 31.3. The van der Waals surface area contributed by atoms with Crippen molar-refractivity contribution in [2.75, 3.05) is 41.2 Å². The molecular weight excluding hydrogens is 568 g/mol. The van der Waals surface area contributed by atoms with Gasteiger partial charge in [-0.1, -0.05) is 44.2 Å². The molecule has 0 saturated carbocycles. The minimum atomic E-state index is -0.849. The van der Waals surface area contributed by atoms with Crippen molar-refractivity contribution in [3.05, 3.63) is 83.5 Å². The highest BCUT2D eigenvalue weighted by Gasteiger charge is 2.36. The summed E-state index contributed by atoms with van der Waals surface area (Å²) in [4.78, 5) is 33.0. The van der Waals surface area contributed by atoms with E-state index in [1.54, 1.807) is 31.8 Å². The maximum atomic E-state index is 14.3. The molecule has 1 atom stereocenters. The third-order valence-corrected chi connectivity index (χ3v) is 8.25. The number of carbonyl (C=O) groups excluding carboxylic acids is 1. The number of para-hydroxylation sites is 1. The topological polar surface area (TPSA) is 97.6 Å². The van der Waals surface area contributed by atoms with Gasteiger partial charge in [0.15, 0.2) is 16.3 Å². The molecule has 1 aliphatic rings. The monoisotopic (exact) mass is 608 g/mol. The Balaban J connectivity index is 1.98. The Kier molecular flexibility index (Phi) is 10.5. The number of fused-ring (bicyclic) bond motifs is 1. The number of hydrogen-bond donors (Lipinski definition) is 0. The van der Waals surface area contributed by atoms with Gasteiger partial charge in [0.1, 0.15) is 18.4 Å². The molecule has 1 aromatic heterocycles. The van der Waals surface area contributed by atoms with Gasteiger partial charge in [-0.15, -0.1) is 0 Å². The predicted molar refractivity (Wildman–Crippen MR) is 167 cm³/mol. The van der Waals surface area contributed by atoms with Crippen molar-refractivity contribution in [3.8, 4) is 17.2 Å². The van der Waals surface area contributed by atoms with Crippen LogP contribution in [0.15, 0.2) is 51.4 Å². The Bertz CT molecular complexity index is 1700. The van der Waals surface area contributed by atoms with Gasteiger partial charge in [-0.05, 0) is 67.2 Å². The second-order valence-corrected chi connectivity index (χ2v) is 11.6. The van der Waals surface area contributed by atoms with E-state index in [0.717, 1.165) is 28.9 Å². The zero-order valence-electron chi connectivity index (χ0n) is 26.1. The molecule has 9 nitrogen and oxygen atoms in total. The summed E-state index contributed by atoms with van der Waals surface area (Å²) in [6.07, 6.45) is 2.65. The van der Waals surface area contributed by atoms with Crippen LogP contribution in [0.2, 0.25) is 0 Å². The fourth-order valence-electron chi connectivity index (χ4n) is 5.08. The lowest BCUT2D eigenvalue weighted by Gasteiger charge is -2.27. The number of thiazole rings is 1. The molecular formula is C33H40N2O7S. The minimum absolute atomic E-state index is 0.0650. The molecule has 2 heterocycles. The van der Waals surface area contributed by atoms with E-state index in [9.17, 15) is 9.59 Å². The lowest BCUT2D eigenvalue weighted by molar-refractivity contribution is -0.140. The number of aryl methyl sites for hydroxylation is 1. The third kappa shape index (κ3) is 6.55. The van der Waals surface area contributed by atoms with E-state index in [2.05, 4.69) is 19.9 Å². The van der Waals surface area contributed by atoms with E-state index in [1.807, 2.05) is 38.1 Å². The SMILES string of the molecule is CCCOc1c(OC)cccc1[C@@H]1C(C(=O)OCCOC)=C(C)N=c2s/c(=C/c3cc(C(C)C)c(OC)cc3C)c(=O)n21. The summed E-state index contributed by atoms with van der Waals surface area (Å²) in [5, 5.41) is 0. The molecule has 1 aliphatic heterocycles. The largest absolute Gasteiger partial charge is 0.496 e. The first-order valence-electron chi connectivity index (χ1n) is 14.3. The first kappa shape index (κ1) is 32.0. The van der Waals surface area contributed by atoms with Gasteiger partial charge in [0.05, 0.1) is 43.2 Å². The summed E-state index contributed by atoms with van der Waals surface area (Å²) in [6.45, 7) is 10.7. The van der Waals surface area contributed by atoms with Crippen LogP contribution in [-0.4, -0.2) is 51.7 Å². The van der Waals surface area contributed by atoms with Gasteiger partial charge in [-0.2, -0.15) is 0 Å². The molecule has 230 valence electrons. The van der Waals surface area contributed by atoms with Crippen molar-refractivity contribution in [1.29, 1.82) is 0 Å². The molecule has 0 spiro atoms. The molecule has 10 heteroatoms. The molecule has 0 unspecified atom stereocenters. The number of allylic oxidation sites excluding steroid dienone is 1. The van der Waals surface area contributed by atoms with E-state index in [0.29, 0.717) is 38.7 Å². The normalized spacial score (nSPS) is 14.9. The highest BCUT2D eigenvalue weighted by Crippen LogP contribution is 2.41. The van der Waals surface area contributed by atoms with Crippen LogP contribution in [0.3, 0.4) is 0 Å². The molecule has 2 aromatic carbocycles. The summed E-state index contributed by atoms with van der Waals surface area (Å²) in [5.41, 5.74) is 4.00. The van der Waals surface area contributed by atoms with Crippen LogP contribution in [0.4, 0.5) is 0 Å². The summed E-state index contributed by atoms with van der Waals surface area (Å²) < 4.78 is 30.1. The number of carbonyl (C=O) groups is 1. The van der Waals surface area contributed by atoms with Crippen molar-refractivity contribution < 1.29 is 28.5 Å². The van der Waals surface area contributed by atoms with Gasteiger partial charge in [0, 0.05) is 12.7 Å². The number of hydrogen-bond acceptors (Lipinski definition) is 9. The highest BCUT2D eigenvalue weighted by molar-refractivity contribution is 7.07. The second-order valence-electron chi connectivity index (χ2n) is 10.5. The van der Waals surface area contributed by atoms with Gasteiger partial charge >= 0.3 is 5.97 Å². The Morgan fingerprint density at radius 2 is 1.81 bits per heavy atom. The van der Waals surface area contributed by atoms with Crippen LogP contribution in [0, 0.1) is 6.92 Å². The van der Waals surface area contributed by atoms with E-state index < -0.39 is 12.0 Å². The van der Waals surface area contributed by atoms with Crippen LogP contribution in [0.25, 0.3) is 6.08 Å². The number of aromatic nitrogens is 1. The Morgan fingerprint density at radius 3 is 2.47 bits per heavy atom. The number of rotatable bonds is 12. The molecule has 0 saturated heterocycles. The Morgan fingerprint density at radius 1 is 1.07 bits per heavy atom. The molecule has 0 amide bonds. The van der Waals surface area contributed by atoms with Crippen molar-refractivity contribution >= 4 is 23.4 Å². The molecule has 0 N–H and O–H groups in total. The van der Waals surface area contributed by atoms with Crippen molar-refractivity contribution in [3.63, 3.8) is 0 Å². The number of esters is 1. The molecule has 43 heavy (non-hydrogen) atoms. The summed E-state index contributed by atoms with van der Waals surface area (Å²) >= 11 is 1.28. The molecule has 0 bridgehead atoms. The van der Waals surface area contributed by atoms with Crippen LogP contribution < -0.4 is 29.1 Å². The standard InChI is InChI=1S/C33H40N2O7S/c1-9-13-41-30-23(11-10-12-25(30)39-7)29-28(32(37)42-15-14-38-6)21(5)34-33-35(29)31(36)27(43-33)18-22-17-24(19(2)3)26(40-8)16-20(22)4/h10-12,16-19,29H,9,13-15H2,1-8H3/b27-18+/t29-/m1/s1. The molecule has 0 fully saturated rings. The van der Waals surface area contributed by atoms with Gasteiger partial charge in [-0.3, -0.25) is 9.36 Å². The lowest BCUT2D eigenvalue weighted by Crippen LogP contribution is -2.40. The van der Waals surface area contributed by atoms with Crippen LogP contribution in [0.1, 0.15) is 68.3 Å². The van der Waals surface area contributed by atoms with Crippen LogP contribution in [-0.2, 0) is 14.3 Å².